The Bertz CT molecular complexity index is 1300. The number of rotatable bonds is 6. The number of nitrogens with two attached hydrogens (primary N) is 2. The molecule has 2 aliphatic rings. The Morgan fingerprint density at radius 1 is 1.00 bits per heavy atom. The van der Waals surface area contributed by atoms with Gasteiger partial charge in [-0.3, -0.25) is 9.13 Å². The van der Waals surface area contributed by atoms with Gasteiger partial charge in [-0.05, 0) is 6.07 Å². The highest BCUT2D eigenvalue weighted by molar-refractivity contribution is 5.81. The molecule has 1 unspecified atom stereocenters. The van der Waals surface area contributed by atoms with Crippen molar-refractivity contribution in [1.29, 1.82) is 0 Å². The molecule has 0 aliphatic carbocycles. The van der Waals surface area contributed by atoms with E-state index in [4.69, 9.17) is 25.7 Å². The highest BCUT2D eigenvalue weighted by Gasteiger charge is 2.49. The Morgan fingerprint density at radius 2 is 1.72 bits per heavy atom. The lowest BCUT2D eigenvalue weighted by molar-refractivity contribution is -0.210. The van der Waals surface area contributed by atoms with Gasteiger partial charge in [-0.2, -0.15) is 4.98 Å². The standard InChI is InChI=1S/C19H24N8O9/c20-7-1-2-26(19(33)25-7)16-11(30)9(28)6(35-16)3-34-18(32)13-10(29)12(31)17(36-13)27-5-24-8-14(21)22-4-23-15(8)27/h1-2,4-6,9-13,16-18,28-32H,3H2,(H2,20,25,33)(H2,21,22,23)/t6-,9-,10+,11-,12-,13+,16-,17-,18?/m1/s1. The highest BCUT2D eigenvalue weighted by Crippen LogP contribution is 2.34. The van der Waals surface area contributed by atoms with Crippen LogP contribution in [0.25, 0.3) is 11.2 Å². The summed E-state index contributed by atoms with van der Waals surface area (Å²) in [4.78, 5) is 27.6. The molecule has 36 heavy (non-hydrogen) atoms. The van der Waals surface area contributed by atoms with Gasteiger partial charge in [0, 0.05) is 6.20 Å². The van der Waals surface area contributed by atoms with Crippen LogP contribution in [0.1, 0.15) is 12.5 Å². The summed E-state index contributed by atoms with van der Waals surface area (Å²) in [6.07, 6.45) is -9.14. The molecular formula is C19H24N8O9. The van der Waals surface area contributed by atoms with E-state index in [0.29, 0.717) is 0 Å². The van der Waals surface area contributed by atoms with Crippen LogP contribution < -0.4 is 17.2 Å². The van der Waals surface area contributed by atoms with Gasteiger partial charge in [0.2, 0.25) is 0 Å². The van der Waals surface area contributed by atoms with Crippen LogP contribution in [-0.2, 0) is 14.2 Å². The van der Waals surface area contributed by atoms with Crippen LogP contribution in [0.2, 0.25) is 0 Å². The van der Waals surface area contributed by atoms with Crippen molar-refractivity contribution >= 4 is 22.8 Å². The number of fused-ring (bicyclic) bond motifs is 1. The van der Waals surface area contributed by atoms with Gasteiger partial charge in [-0.15, -0.1) is 0 Å². The Balaban J connectivity index is 1.25. The fourth-order valence-corrected chi connectivity index (χ4v) is 4.21. The van der Waals surface area contributed by atoms with Gasteiger partial charge in [0.25, 0.3) is 0 Å². The fraction of sp³-hybridized carbons (Fsp3) is 0.526. The molecule has 5 rings (SSSR count). The van der Waals surface area contributed by atoms with Crippen molar-refractivity contribution in [3.63, 3.8) is 0 Å². The first-order valence-electron chi connectivity index (χ1n) is 10.8. The van der Waals surface area contributed by atoms with Gasteiger partial charge >= 0.3 is 5.69 Å². The van der Waals surface area contributed by atoms with Crippen LogP contribution >= 0.6 is 0 Å². The van der Waals surface area contributed by atoms with Gasteiger partial charge < -0.3 is 51.2 Å². The summed E-state index contributed by atoms with van der Waals surface area (Å²) in [5, 5.41) is 52.2. The first kappa shape index (κ1) is 24.4. The summed E-state index contributed by atoms with van der Waals surface area (Å²) in [5.41, 5.74) is 10.9. The monoisotopic (exact) mass is 508 g/mol. The third-order valence-corrected chi connectivity index (χ3v) is 6.11. The van der Waals surface area contributed by atoms with E-state index in [9.17, 15) is 30.3 Å². The molecule has 3 aromatic heterocycles. The number of nitrogen functional groups attached to an aromatic ring is 2. The zero-order valence-corrected chi connectivity index (χ0v) is 18.4. The summed E-state index contributed by atoms with van der Waals surface area (Å²) >= 11 is 0. The number of aliphatic hydroxyl groups excluding tert-OH is 5. The summed E-state index contributed by atoms with van der Waals surface area (Å²) in [6.45, 7) is -0.460. The zero-order chi connectivity index (χ0) is 25.7. The predicted octanol–water partition coefficient (Wildman–Crippen LogP) is -4.18. The van der Waals surface area contributed by atoms with E-state index >= 15 is 0 Å². The SMILES string of the molecule is Nc1ccn([C@@H]2O[C@H](COC(O)[C@H]3O[C@@H](n4cnc5c(N)ncnc54)[C@H](O)[C@@H]3O)[C@@H](O)[C@H]2O)c(=O)n1. The quantitative estimate of drug-likeness (QED) is 0.156. The minimum atomic E-state index is -1.78. The van der Waals surface area contributed by atoms with Gasteiger partial charge in [-0.1, -0.05) is 0 Å². The molecule has 0 bridgehead atoms. The fourth-order valence-electron chi connectivity index (χ4n) is 4.21. The van der Waals surface area contributed by atoms with Crippen molar-refractivity contribution in [3.8, 4) is 0 Å². The molecule has 3 aromatic rings. The first-order valence-corrected chi connectivity index (χ1v) is 10.8. The maximum absolute atomic E-state index is 12.1. The maximum atomic E-state index is 12.1. The molecule has 9 atom stereocenters. The van der Waals surface area contributed by atoms with E-state index in [2.05, 4.69) is 19.9 Å². The molecule has 9 N–H and O–H groups in total. The van der Waals surface area contributed by atoms with E-state index in [1.165, 1.54) is 29.5 Å². The Labute approximate surface area is 201 Å². The van der Waals surface area contributed by atoms with Crippen molar-refractivity contribution in [2.75, 3.05) is 18.1 Å². The maximum Gasteiger partial charge on any atom is 0.351 e. The van der Waals surface area contributed by atoms with E-state index in [-0.39, 0.29) is 22.8 Å². The molecule has 0 spiro atoms. The van der Waals surface area contributed by atoms with Crippen molar-refractivity contribution in [2.45, 2.75) is 55.4 Å². The van der Waals surface area contributed by atoms with Crippen LogP contribution in [0, 0.1) is 0 Å². The molecule has 2 aliphatic heterocycles. The number of hydrogen-bond acceptors (Lipinski definition) is 15. The molecule has 2 fully saturated rings. The van der Waals surface area contributed by atoms with Crippen LogP contribution in [0.15, 0.2) is 29.7 Å². The van der Waals surface area contributed by atoms with Gasteiger partial charge in [-0.25, -0.2) is 19.7 Å². The van der Waals surface area contributed by atoms with E-state index in [1.54, 1.807) is 0 Å². The lowest BCUT2D eigenvalue weighted by Crippen LogP contribution is -2.42. The van der Waals surface area contributed by atoms with E-state index < -0.39 is 67.7 Å². The number of nitrogens with zero attached hydrogens (tertiary/aromatic N) is 6. The number of aromatic nitrogens is 6. The summed E-state index contributed by atoms with van der Waals surface area (Å²) in [7, 11) is 0. The largest absolute Gasteiger partial charge is 0.387 e. The van der Waals surface area contributed by atoms with Gasteiger partial charge in [0.05, 0.1) is 12.9 Å². The average Bonchev–Trinajstić information content (AvgIpc) is 3.49. The molecule has 0 radical (unpaired) electrons. The molecule has 5 heterocycles. The van der Waals surface area contributed by atoms with E-state index in [0.717, 1.165) is 4.57 Å². The number of imidazole rings is 1. The second-order valence-electron chi connectivity index (χ2n) is 8.37. The molecule has 2 saturated heterocycles. The molecule has 194 valence electrons. The van der Waals surface area contributed by atoms with Crippen molar-refractivity contribution in [2.24, 2.45) is 0 Å². The van der Waals surface area contributed by atoms with Crippen molar-refractivity contribution in [1.82, 2.24) is 29.1 Å². The highest BCUT2D eigenvalue weighted by atomic mass is 16.7. The predicted molar refractivity (Wildman–Crippen MR) is 116 cm³/mol. The number of anilines is 2. The Hall–Kier alpha value is -3.29. The Morgan fingerprint density at radius 3 is 2.47 bits per heavy atom. The van der Waals surface area contributed by atoms with E-state index in [1.807, 2.05) is 0 Å². The van der Waals surface area contributed by atoms with Gasteiger partial charge in [0.1, 0.15) is 54.3 Å². The van der Waals surface area contributed by atoms with Crippen LogP contribution in [0.5, 0.6) is 0 Å². The number of hydrogen-bond donors (Lipinski definition) is 7. The smallest absolute Gasteiger partial charge is 0.351 e. The number of aliphatic hydroxyl groups is 5. The molecule has 0 aromatic carbocycles. The molecular weight excluding hydrogens is 484 g/mol. The minimum absolute atomic E-state index is 0.0255. The average molecular weight is 508 g/mol. The Kier molecular flexibility index (Phi) is 6.30. The summed E-state index contributed by atoms with van der Waals surface area (Å²) in [6, 6.07) is 1.32. The summed E-state index contributed by atoms with van der Waals surface area (Å²) in [5.74, 6) is 0.0850. The van der Waals surface area contributed by atoms with Crippen LogP contribution in [-0.4, -0.2) is 104 Å². The topological polar surface area (TPSA) is 259 Å². The second kappa shape index (κ2) is 9.30. The second-order valence-corrected chi connectivity index (χ2v) is 8.37. The summed E-state index contributed by atoms with van der Waals surface area (Å²) < 4.78 is 18.8. The molecule has 0 saturated carbocycles. The normalized spacial score (nSPS) is 33.4. The third-order valence-electron chi connectivity index (χ3n) is 6.11. The number of ether oxygens (including phenoxy) is 3. The van der Waals surface area contributed by atoms with Crippen molar-refractivity contribution in [3.05, 3.63) is 35.4 Å². The molecule has 17 heteroatoms. The zero-order valence-electron chi connectivity index (χ0n) is 18.4. The molecule has 0 amide bonds. The van der Waals surface area contributed by atoms with Crippen LogP contribution in [0.3, 0.4) is 0 Å². The first-order chi connectivity index (χ1) is 17.2. The third kappa shape index (κ3) is 4.06. The van der Waals surface area contributed by atoms with Gasteiger partial charge in [0.15, 0.2) is 30.2 Å². The minimum Gasteiger partial charge on any atom is -0.387 e. The molecule has 17 nitrogen and oxygen atoms in total. The van der Waals surface area contributed by atoms with Crippen molar-refractivity contribution < 1.29 is 39.7 Å². The van der Waals surface area contributed by atoms with Crippen LogP contribution in [0.4, 0.5) is 11.6 Å². The lowest BCUT2D eigenvalue weighted by Gasteiger charge is -2.23. The lowest BCUT2D eigenvalue weighted by atomic mass is 10.1.